The maximum atomic E-state index is 11.4. The summed E-state index contributed by atoms with van der Waals surface area (Å²) in [6.07, 6.45) is 0. The van der Waals surface area contributed by atoms with Crippen molar-refractivity contribution < 1.29 is 4.79 Å². The Morgan fingerprint density at radius 3 is 3.17 bits per heavy atom. The Labute approximate surface area is 114 Å². The molecule has 0 radical (unpaired) electrons. The minimum atomic E-state index is 0.115. The number of aromatic nitrogens is 1. The zero-order valence-electron chi connectivity index (χ0n) is 9.81. The fraction of sp³-hybridized carbons (Fsp3) is 0.333. The van der Waals surface area contributed by atoms with E-state index in [0.717, 1.165) is 15.2 Å². The highest BCUT2D eigenvalue weighted by molar-refractivity contribution is 7.18. The fourth-order valence-electron chi connectivity index (χ4n) is 2.02. The van der Waals surface area contributed by atoms with Crippen LogP contribution >= 0.6 is 22.9 Å². The highest BCUT2D eigenvalue weighted by Gasteiger charge is 2.25. The molecule has 1 aliphatic heterocycles. The van der Waals surface area contributed by atoms with E-state index in [-0.39, 0.29) is 11.9 Å². The first-order valence-corrected chi connectivity index (χ1v) is 6.86. The molecular formula is C12H12ClN3OS. The van der Waals surface area contributed by atoms with Gasteiger partial charge in [-0.1, -0.05) is 11.6 Å². The van der Waals surface area contributed by atoms with E-state index in [1.165, 1.54) is 0 Å². The summed E-state index contributed by atoms with van der Waals surface area (Å²) in [5, 5.41) is 4.92. The van der Waals surface area contributed by atoms with Crippen molar-refractivity contribution in [1.82, 2.24) is 15.2 Å². The molecule has 6 heteroatoms. The van der Waals surface area contributed by atoms with Crippen molar-refractivity contribution >= 4 is 39.1 Å². The number of benzene rings is 1. The van der Waals surface area contributed by atoms with Crippen LogP contribution in [0.25, 0.3) is 10.2 Å². The van der Waals surface area contributed by atoms with Crippen LogP contribution in [0.5, 0.6) is 0 Å². The zero-order chi connectivity index (χ0) is 12.7. The first-order chi connectivity index (χ1) is 8.63. The minimum absolute atomic E-state index is 0.115. The van der Waals surface area contributed by atoms with E-state index < -0.39 is 0 Å². The largest absolute Gasteiger partial charge is 0.343 e. The van der Waals surface area contributed by atoms with Crippen molar-refractivity contribution in [2.24, 2.45) is 0 Å². The second kappa shape index (κ2) is 4.50. The van der Waals surface area contributed by atoms with Crippen LogP contribution in [0.3, 0.4) is 0 Å². The second-order valence-electron chi connectivity index (χ2n) is 4.37. The Hall–Kier alpha value is -1.17. The number of halogens is 1. The SMILES string of the molecule is CN1CC(c2nc3cc(Cl)ccc3s2)NCC1=O. The van der Waals surface area contributed by atoms with E-state index in [4.69, 9.17) is 11.6 Å². The smallest absolute Gasteiger partial charge is 0.236 e. The van der Waals surface area contributed by atoms with Crippen molar-refractivity contribution in [3.63, 3.8) is 0 Å². The van der Waals surface area contributed by atoms with Crippen molar-refractivity contribution in [2.75, 3.05) is 20.1 Å². The van der Waals surface area contributed by atoms with Gasteiger partial charge in [0, 0.05) is 18.6 Å². The number of likely N-dealkylation sites (N-methyl/N-ethyl adjacent to an activating group) is 1. The van der Waals surface area contributed by atoms with Gasteiger partial charge in [0.05, 0.1) is 22.8 Å². The number of fused-ring (bicyclic) bond motifs is 1. The van der Waals surface area contributed by atoms with Gasteiger partial charge >= 0.3 is 0 Å². The molecule has 18 heavy (non-hydrogen) atoms. The van der Waals surface area contributed by atoms with Crippen molar-refractivity contribution in [2.45, 2.75) is 6.04 Å². The van der Waals surface area contributed by atoms with E-state index in [0.29, 0.717) is 18.1 Å². The molecule has 1 aliphatic rings. The third-order valence-corrected chi connectivity index (χ3v) is 4.43. The lowest BCUT2D eigenvalue weighted by Gasteiger charge is -2.29. The maximum Gasteiger partial charge on any atom is 0.236 e. The summed E-state index contributed by atoms with van der Waals surface area (Å²) >= 11 is 7.60. The molecule has 94 valence electrons. The Morgan fingerprint density at radius 1 is 1.56 bits per heavy atom. The zero-order valence-corrected chi connectivity index (χ0v) is 11.4. The first-order valence-electron chi connectivity index (χ1n) is 5.67. The average Bonchev–Trinajstić information content (AvgIpc) is 2.75. The first kappa shape index (κ1) is 11.9. The van der Waals surface area contributed by atoms with Crippen molar-refractivity contribution in [3.8, 4) is 0 Å². The molecule has 0 bridgehead atoms. The summed E-state index contributed by atoms with van der Waals surface area (Å²) in [7, 11) is 1.82. The van der Waals surface area contributed by atoms with Gasteiger partial charge in [-0.25, -0.2) is 4.98 Å². The van der Waals surface area contributed by atoms with Crippen LogP contribution < -0.4 is 5.32 Å². The predicted molar refractivity (Wildman–Crippen MR) is 73.0 cm³/mol. The summed E-state index contributed by atoms with van der Waals surface area (Å²) in [6, 6.07) is 5.84. The number of carbonyl (C=O) groups excluding carboxylic acids is 1. The van der Waals surface area contributed by atoms with E-state index in [1.54, 1.807) is 16.2 Å². The molecular weight excluding hydrogens is 270 g/mol. The summed E-state index contributed by atoms with van der Waals surface area (Å²) < 4.78 is 1.12. The predicted octanol–water partition coefficient (Wildman–Crippen LogP) is 2.05. The lowest BCUT2D eigenvalue weighted by atomic mass is 10.2. The van der Waals surface area contributed by atoms with E-state index in [1.807, 2.05) is 25.2 Å². The number of piperazine rings is 1. The number of thiazole rings is 1. The van der Waals surface area contributed by atoms with E-state index in [2.05, 4.69) is 10.3 Å². The van der Waals surface area contributed by atoms with Gasteiger partial charge in [0.15, 0.2) is 0 Å². The van der Waals surface area contributed by atoms with Gasteiger partial charge < -0.3 is 4.90 Å². The maximum absolute atomic E-state index is 11.4. The molecule has 1 fully saturated rings. The molecule has 4 nitrogen and oxygen atoms in total. The standard InChI is InChI=1S/C12H12ClN3OS/c1-16-6-9(14-5-11(16)17)12-15-8-4-7(13)2-3-10(8)18-12/h2-4,9,14H,5-6H2,1H3. The molecule has 1 aromatic heterocycles. The van der Waals surface area contributed by atoms with E-state index >= 15 is 0 Å². The third-order valence-electron chi connectivity index (χ3n) is 3.05. The Morgan fingerprint density at radius 2 is 2.39 bits per heavy atom. The van der Waals surface area contributed by atoms with Gasteiger partial charge in [-0.3, -0.25) is 10.1 Å². The molecule has 1 unspecified atom stereocenters. The molecule has 1 atom stereocenters. The van der Waals surface area contributed by atoms with E-state index in [9.17, 15) is 4.79 Å². The van der Waals surface area contributed by atoms with Crippen LogP contribution in [-0.2, 0) is 4.79 Å². The quantitative estimate of drug-likeness (QED) is 0.870. The molecule has 0 aliphatic carbocycles. The number of carbonyl (C=O) groups is 1. The summed E-state index contributed by atoms with van der Waals surface area (Å²) in [4.78, 5) is 17.7. The monoisotopic (exact) mass is 281 g/mol. The fourth-order valence-corrected chi connectivity index (χ4v) is 3.20. The highest BCUT2D eigenvalue weighted by atomic mass is 35.5. The summed E-state index contributed by atoms with van der Waals surface area (Å²) in [6.45, 7) is 1.03. The van der Waals surface area contributed by atoms with Gasteiger partial charge in [0.1, 0.15) is 5.01 Å². The van der Waals surface area contributed by atoms with Crippen LogP contribution in [0.4, 0.5) is 0 Å². The van der Waals surface area contributed by atoms with Gasteiger partial charge in [0.2, 0.25) is 5.91 Å². The number of amides is 1. The number of nitrogens with one attached hydrogen (secondary N) is 1. The summed E-state index contributed by atoms with van der Waals surface area (Å²) in [5.41, 5.74) is 0.920. The molecule has 2 heterocycles. The normalized spacial score (nSPS) is 20.7. The molecule has 0 spiro atoms. The number of rotatable bonds is 1. The lowest BCUT2D eigenvalue weighted by molar-refractivity contribution is -0.131. The number of nitrogens with zero attached hydrogens (tertiary/aromatic N) is 2. The van der Waals surface area contributed by atoms with Crippen LogP contribution in [-0.4, -0.2) is 35.9 Å². The van der Waals surface area contributed by atoms with Crippen molar-refractivity contribution in [3.05, 3.63) is 28.2 Å². The van der Waals surface area contributed by atoms with Gasteiger partial charge in [-0.2, -0.15) is 0 Å². The van der Waals surface area contributed by atoms with Crippen LogP contribution in [0.1, 0.15) is 11.0 Å². The molecule has 3 rings (SSSR count). The molecule has 2 aromatic rings. The van der Waals surface area contributed by atoms with Gasteiger partial charge in [-0.05, 0) is 18.2 Å². The Kier molecular flexibility index (Phi) is 2.97. The van der Waals surface area contributed by atoms with Crippen LogP contribution in [0.15, 0.2) is 18.2 Å². The highest BCUT2D eigenvalue weighted by Crippen LogP contribution is 2.29. The minimum Gasteiger partial charge on any atom is -0.343 e. The molecule has 1 N–H and O–H groups in total. The molecule has 1 amide bonds. The topological polar surface area (TPSA) is 45.2 Å². The number of hydrogen-bond donors (Lipinski definition) is 1. The number of hydrogen-bond acceptors (Lipinski definition) is 4. The third kappa shape index (κ3) is 2.09. The second-order valence-corrected chi connectivity index (χ2v) is 5.87. The Balaban J connectivity index is 1.92. The molecule has 1 saturated heterocycles. The molecule has 1 aromatic carbocycles. The van der Waals surface area contributed by atoms with Crippen LogP contribution in [0, 0.1) is 0 Å². The molecule has 0 saturated carbocycles. The van der Waals surface area contributed by atoms with Gasteiger partial charge in [-0.15, -0.1) is 11.3 Å². The Bertz CT molecular complexity index is 612. The van der Waals surface area contributed by atoms with Crippen LogP contribution in [0.2, 0.25) is 5.02 Å². The summed E-state index contributed by atoms with van der Waals surface area (Å²) in [5.74, 6) is 0.121. The van der Waals surface area contributed by atoms with Crippen molar-refractivity contribution in [1.29, 1.82) is 0 Å². The van der Waals surface area contributed by atoms with Gasteiger partial charge in [0.25, 0.3) is 0 Å². The average molecular weight is 282 g/mol. The lowest BCUT2D eigenvalue weighted by Crippen LogP contribution is -2.47.